The lowest BCUT2D eigenvalue weighted by atomic mass is 9.90. The van der Waals surface area contributed by atoms with Gasteiger partial charge in [0.2, 0.25) is 0 Å². The summed E-state index contributed by atoms with van der Waals surface area (Å²) in [5.74, 6) is 1.87. The van der Waals surface area contributed by atoms with E-state index in [-0.39, 0.29) is 5.69 Å². The summed E-state index contributed by atoms with van der Waals surface area (Å²) in [6.45, 7) is 3.31. The third-order valence-corrected chi connectivity index (χ3v) is 6.30. The van der Waals surface area contributed by atoms with Crippen molar-refractivity contribution in [3.8, 4) is 5.75 Å². The van der Waals surface area contributed by atoms with E-state index in [9.17, 15) is 4.79 Å². The summed E-state index contributed by atoms with van der Waals surface area (Å²) in [6, 6.07) is 9.29. The van der Waals surface area contributed by atoms with Gasteiger partial charge in [-0.1, -0.05) is 43.9 Å². The van der Waals surface area contributed by atoms with Crippen LogP contribution >= 0.6 is 11.6 Å². The molecule has 0 radical (unpaired) electrons. The Morgan fingerprint density at radius 3 is 2.68 bits per heavy atom. The summed E-state index contributed by atoms with van der Waals surface area (Å²) < 4.78 is 12.8. The summed E-state index contributed by atoms with van der Waals surface area (Å²) in [5, 5.41) is 0.647. The number of hydrogen-bond acceptors (Lipinski definition) is 5. The maximum Gasteiger partial charge on any atom is 0.356 e. The van der Waals surface area contributed by atoms with Crippen LogP contribution < -0.4 is 4.74 Å². The van der Waals surface area contributed by atoms with Crippen molar-refractivity contribution in [2.24, 2.45) is 5.92 Å². The van der Waals surface area contributed by atoms with E-state index in [2.05, 4.69) is 9.97 Å². The number of esters is 1. The second-order valence-electron chi connectivity index (χ2n) is 8.07. The molecule has 6 nitrogen and oxygen atoms in total. The Kier molecular flexibility index (Phi) is 6.76. The van der Waals surface area contributed by atoms with Gasteiger partial charge in [-0.05, 0) is 48.6 Å². The molecule has 0 unspecified atom stereocenters. The molecule has 0 atom stereocenters. The third kappa shape index (κ3) is 4.85. The van der Waals surface area contributed by atoms with Crippen LogP contribution in [0.1, 0.15) is 60.9 Å². The monoisotopic (exact) mass is 441 g/mol. The molecule has 1 saturated carbocycles. The molecule has 31 heavy (non-hydrogen) atoms. The number of carbonyl (C=O) groups excluding carboxylic acids is 1. The van der Waals surface area contributed by atoms with E-state index in [4.69, 9.17) is 21.1 Å². The first-order valence-corrected chi connectivity index (χ1v) is 11.3. The highest BCUT2D eigenvalue weighted by atomic mass is 35.5. The number of imidazole rings is 1. The van der Waals surface area contributed by atoms with Gasteiger partial charge in [-0.3, -0.25) is 0 Å². The number of rotatable bonds is 7. The van der Waals surface area contributed by atoms with Gasteiger partial charge >= 0.3 is 5.97 Å². The molecule has 0 saturated heterocycles. The highest BCUT2D eigenvalue weighted by Gasteiger charge is 2.17. The number of ether oxygens (including phenoxy) is 2. The smallest absolute Gasteiger partial charge is 0.356 e. The fraction of sp³-hybridized carbons (Fsp3) is 0.458. The van der Waals surface area contributed by atoms with Crippen LogP contribution in [0.25, 0.3) is 11.2 Å². The number of aromatic nitrogens is 3. The Morgan fingerprint density at radius 1 is 1.16 bits per heavy atom. The Bertz CT molecular complexity index is 1070. The predicted molar refractivity (Wildman–Crippen MR) is 121 cm³/mol. The van der Waals surface area contributed by atoms with Crippen LogP contribution in [0, 0.1) is 5.92 Å². The van der Waals surface area contributed by atoms with Crippen LogP contribution in [0.15, 0.2) is 30.3 Å². The van der Waals surface area contributed by atoms with Crippen LogP contribution in [-0.4, -0.2) is 34.2 Å². The first-order valence-electron chi connectivity index (χ1n) is 10.9. The van der Waals surface area contributed by atoms with E-state index in [1.807, 2.05) is 29.7 Å². The number of aryl methyl sites for hydroxylation is 1. The molecule has 0 bridgehead atoms. The lowest BCUT2D eigenvalue weighted by molar-refractivity contribution is 0.0594. The van der Waals surface area contributed by atoms with Crippen molar-refractivity contribution in [3.05, 3.63) is 52.4 Å². The molecule has 4 rings (SSSR count). The van der Waals surface area contributed by atoms with Crippen molar-refractivity contribution < 1.29 is 14.3 Å². The third-order valence-electron chi connectivity index (χ3n) is 5.95. The molecule has 2 aromatic heterocycles. The molecular formula is C24H28ClN3O3. The summed E-state index contributed by atoms with van der Waals surface area (Å²) in [7, 11) is 1.35. The highest BCUT2D eigenvalue weighted by molar-refractivity contribution is 6.31. The first-order chi connectivity index (χ1) is 15.1. The molecule has 0 amide bonds. The van der Waals surface area contributed by atoms with Crippen LogP contribution in [0.3, 0.4) is 0 Å². The average molecular weight is 442 g/mol. The van der Waals surface area contributed by atoms with Crippen molar-refractivity contribution in [2.75, 3.05) is 13.7 Å². The van der Waals surface area contributed by atoms with E-state index in [0.717, 1.165) is 35.7 Å². The van der Waals surface area contributed by atoms with E-state index >= 15 is 0 Å². The largest absolute Gasteiger partial charge is 0.493 e. The fourth-order valence-electron chi connectivity index (χ4n) is 4.19. The molecule has 1 aromatic carbocycles. The number of hydrogen-bond donors (Lipinski definition) is 0. The molecular weight excluding hydrogens is 414 g/mol. The maximum atomic E-state index is 11.9. The number of carbonyl (C=O) groups is 1. The average Bonchev–Trinajstić information content (AvgIpc) is 3.16. The maximum absolute atomic E-state index is 11.9. The highest BCUT2D eigenvalue weighted by Crippen LogP contribution is 2.28. The standard InChI is InChI=1S/C24H28ClN3O3/c1-3-22-26-20-11-12-21(24(29)30-2)27-23(20)28(22)14-17-9-10-18(13-19(17)25)31-15-16-7-5-4-6-8-16/h9-13,16H,3-8,14-15H2,1-2H3. The van der Waals surface area contributed by atoms with Crippen LogP contribution in [0.5, 0.6) is 5.75 Å². The van der Waals surface area contributed by atoms with Crippen LogP contribution in [0.2, 0.25) is 5.02 Å². The molecule has 2 heterocycles. The number of nitrogens with zero attached hydrogens (tertiary/aromatic N) is 3. The van der Waals surface area contributed by atoms with E-state index < -0.39 is 5.97 Å². The first kappa shape index (κ1) is 21.6. The van der Waals surface area contributed by atoms with Crippen LogP contribution in [0.4, 0.5) is 0 Å². The summed E-state index contributed by atoms with van der Waals surface area (Å²) in [5.41, 5.74) is 2.60. The number of pyridine rings is 1. The van der Waals surface area contributed by atoms with Gasteiger partial charge in [0.15, 0.2) is 11.3 Å². The SMILES string of the molecule is CCc1nc2ccc(C(=O)OC)nc2n1Cc1ccc(OCC2CCCCC2)cc1Cl. The van der Waals surface area contributed by atoms with E-state index in [0.29, 0.717) is 23.1 Å². The predicted octanol–water partition coefficient (Wildman–Crippen LogP) is 5.44. The molecule has 164 valence electrons. The van der Waals surface area contributed by atoms with E-state index in [1.54, 1.807) is 12.1 Å². The van der Waals surface area contributed by atoms with Crippen molar-refractivity contribution in [1.82, 2.24) is 14.5 Å². The minimum Gasteiger partial charge on any atom is -0.493 e. The van der Waals surface area contributed by atoms with Crippen molar-refractivity contribution in [2.45, 2.75) is 52.0 Å². The number of fused-ring (bicyclic) bond motifs is 1. The van der Waals surface area contributed by atoms with Gasteiger partial charge < -0.3 is 14.0 Å². The normalized spacial score (nSPS) is 14.7. The lowest BCUT2D eigenvalue weighted by Crippen LogP contribution is -2.15. The minimum absolute atomic E-state index is 0.261. The molecule has 1 aliphatic carbocycles. The minimum atomic E-state index is -0.467. The Morgan fingerprint density at radius 2 is 1.97 bits per heavy atom. The Balaban J connectivity index is 1.55. The molecule has 1 fully saturated rings. The molecule has 0 spiro atoms. The van der Waals surface area contributed by atoms with Gasteiger partial charge in [0.05, 0.1) is 20.3 Å². The molecule has 3 aromatic rings. The number of benzene rings is 1. The Labute approximate surface area is 187 Å². The van der Waals surface area contributed by atoms with Crippen LogP contribution in [-0.2, 0) is 17.7 Å². The second kappa shape index (κ2) is 9.69. The van der Waals surface area contributed by atoms with Gasteiger partial charge in [0.1, 0.15) is 17.1 Å². The molecule has 0 aliphatic heterocycles. The number of methoxy groups -OCH3 is 1. The quantitative estimate of drug-likeness (QED) is 0.456. The molecule has 1 aliphatic rings. The summed E-state index contributed by atoms with van der Waals surface area (Å²) in [6.07, 6.45) is 7.19. The zero-order valence-electron chi connectivity index (χ0n) is 18.1. The van der Waals surface area contributed by atoms with Gasteiger partial charge in [0, 0.05) is 11.4 Å². The van der Waals surface area contributed by atoms with Gasteiger partial charge in [-0.25, -0.2) is 14.8 Å². The fourth-order valence-corrected chi connectivity index (χ4v) is 4.42. The molecule has 0 N–H and O–H groups in total. The van der Waals surface area contributed by atoms with Gasteiger partial charge in [0.25, 0.3) is 0 Å². The Hall–Kier alpha value is -2.60. The molecule has 7 heteroatoms. The topological polar surface area (TPSA) is 66.2 Å². The van der Waals surface area contributed by atoms with Crippen molar-refractivity contribution >= 4 is 28.7 Å². The zero-order chi connectivity index (χ0) is 21.8. The summed E-state index contributed by atoms with van der Waals surface area (Å²) in [4.78, 5) is 21.1. The second-order valence-corrected chi connectivity index (χ2v) is 8.47. The summed E-state index contributed by atoms with van der Waals surface area (Å²) >= 11 is 6.61. The van der Waals surface area contributed by atoms with E-state index in [1.165, 1.54) is 39.2 Å². The van der Waals surface area contributed by atoms with Crippen molar-refractivity contribution in [1.29, 1.82) is 0 Å². The lowest BCUT2D eigenvalue weighted by Gasteiger charge is -2.21. The van der Waals surface area contributed by atoms with Gasteiger partial charge in [-0.15, -0.1) is 0 Å². The zero-order valence-corrected chi connectivity index (χ0v) is 18.8. The number of halogens is 1. The van der Waals surface area contributed by atoms with Gasteiger partial charge in [-0.2, -0.15) is 0 Å². The van der Waals surface area contributed by atoms with Crippen molar-refractivity contribution in [3.63, 3.8) is 0 Å².